The molecule has 0 aliphatic rings. The first-order chi connectivity index (χ1) is 8.19. The third-order valence-electron chi connectivity index (χ3n) is 2.69. The van der Waals surface area contributed by atoms with Gasteiger partial charge in [-0.2, -0.15) is 5.10 Å². The predicted octanol–water partition coefficient (Wildman–Crippen LogP) is 2.87. The van der Waals surface area contributed by atoms with Crippen molar-refractivity contribution in [2.75, 3.05) is 0 Å². The van der Waals surface area contributed by atoms with Crippen molar-refractivity contribution in [2.45, 2.75) is 40.4 Å². The summed E-state index contributed by atoms with van der Waals surface area (Å²) in [6.07, 6.45) is 0. The van der Waals surface area contributed by atoms with Crippen molar-refractivity contribution >= 4 is 11.3 Å². The van der Waals surface area contributed by atoms with Crippen LogP contribution in [-0.2, 0) is 19.6 Å². The molecular weight excluding hydrogens is 230 g/mol. The van der Waals surface area contributed by atoms with Crippen molar-refractivity contribution < 1.29 is 0 Å². The summed E-state index contributed by atoms with van der Waals surface area (Å²) in [6.45, 7) is 9.06. The topological polar surface area (TPSA) is 29.9 Å². The standard InChI is InChI=1S/C13H19N3S/c1-4-16-12(7-10(2)15-16)8-14-9-13-6-5-11(3)17-13/h5-7,14H,4,8-9H2,1-3H3. The Bertz CT molecular complexity index is 485. The van der Waals surface area contributed by atoms with Gasteiger partial charge in [0, 0.05) is 29.4 Å². The fraction of sp³-hybridized carbons (Fsp3) is 0.462. The molecule has 0 fully saturated rings. The molecule has 0 radical (unpaired) electrons. The minimum absolute atomic E-state index is 0.881. The Balaban J connectivity index is 1.89. The summed E-state index contributed by atoms with van der Waals surface area (Å²) >= 11 is 1.85. The van der Waals surface area contributed by atoms with Crippen LogP contribution in [0.1, 0.15) is 28.1 Å². The highest BCUT2D eigenvalue weighted by atomic mass is 32.1. The molecule has 0 bridgehead atoms. The Hall–Kier alpha value is -1.13. The van der Waals surface area contributed by atoms with Crippen LogP contribution in [0.15, 0.2) is 18.2 Å². The van der Waals surface area contributed by atoms with Gasteiger partial charge in [-0.25, -0.2) is 0 Å². The van der Waals surface area contributed by atoms with E-state index in [4.69, 9.17) is 0 Å². The molecule has 0 amide bonds. The van der Waals surface area contributed by atoms with Gasteiger partial charge in [-0.3, -0.25) is 4.68 Å². The quantitative estimate of drug-likeness (QED) is 0.883. The summed E-state index contributed by atoms with van der Waals surface area (Å²) in [5.74, 6) is 0. The van der Waals surface area contributed by atoms with E-state index in [-0.39, 0.29) is 0 Å². The smallest absolute Gasteiger partial charge is 0.0597 e. The van der Waals surface area contributed by atoms with Gasteiger partial charge in [0.05, 0.1) is 11.4 Å². The Morgan fingerprint density at radius 3 is 2.76 bits per heavy atom. The Labute approximate surface area is 106 Å². The van der Waals surface area contributed by atoms with Gasteiger partial charge in [0.15, 0.2) is 0 Å². The van der Waals surface area contributed by atoms with Crippen LogP contribution >= 0.6 is 11.3 Å². The van der Waals surface area contributed by atoms with Gasteiger partial charge in [-0.1, -0.05) is 0 Å². The van der Waals surface area contributed by atoms with E-state index in [1.54, 1.807) is 0 Å². The molecule has 4 heteroatoms. The summed E-state index contributed by atoms with van der Waals surface area (Å²) in [4.78, 5) is 2.76. The number of rotatable bonds is 5. The molecule has 0 aliphatic carbocycles. The van der Waals surface area contributed by atoms with E-state index in [9.17, 15) is 0 Å². The summed E-state index contributed by atoms with van der Waals surface area (Å²) < 4.78 is 2.06. The minimum Gasteiger partial charge on any atom is -0.306 e. The molecule has 92 valence electrons. The van der Waals surface area contributed by atoms with Crippen LogP contribution in [0.5, 0.6) is 0 Å². The molecule has 0 unspecified atom stereocenters. The zero-order valence-electron chi connectivity index (χ0n) is 10.7. The maximum atomic E-state index is 4.44. The van der Waals surface area contributed by atoms with Crippen LogP contribution in [-0.4, -0.2) is 9.78 Å². The fourth-order valence-corrected chi connectivity index (χ4v) is 2.77. The first-order valence-corrected chi connectivity index (χ1v) is 6.80. The first-order valence-electron chi connectivity index (χ1n) is 5.98. The zero-order valence-corrected chi connectivity index (χ0v) is 11.5. The molecule has 0 spiro atoms. The number of thiophene rings is 1. The van der Waals surface area contributed by atoms with Gasteiger partial charge in [0.2, 0.25) is 0 Å². The van der Waals surface area contributed by atoms with E-state index in [0.717, 1.165) is 25.3 Å². The summed E-state index contributed by atoms with van der Waals surface area (Å²) in [5, 5.41) is 7.91. The van der Waals surface area contributed by atoms with Crippen molar-refractivity contribution in [3.8, 4) is 0 Å². The van der Waals surface area contributed by atoms with Crippen molar-refractivity contribution in [3.63, 3.8) is 0 Å². The van der Waals surface area contributed by atoms with Crippen molar-refractivity contribution in [1.29, 1.82) is 0 Å². The molecule has 0 saturated heterocycles. The zero-order chi connectivity index (χ0) is 12.3. The second kappa shape index (κ2) is 5.47. The lowest BCUT2D eigenvalue weighted by molar-refractivity contribution is 0.581. The van der Waals surface area contributed by atoms with Gasteiger partial charge in [0.1, 0.15) is 0 Å². The molecular formula is C13H19N3S. The average Bonchev–Trinajstić information content (AvgIpc) is 2.85. The van der Waals surface area contributed by atoms with Gasteiger partial charge < -0.3 is 5.32 Å². The second-order valence-electron chi connectivity index (χ2n) is 4.21. The predicted molar refractivity (Wildman–Crippen MR) is 72.2 cm³/mol. The van der Waals surface area contributed by atoms with Crippen molar-refractivity contribution in [2.24, 2.45) is 0 Å². The lowest BCUT2D eigenvalue weighted by atomic mass is 10.3. The van der Waals surface area contributed by atoms with E-state index in [1.807, 2.05) is 18.3 Å². The van der Waals surface area contributed by atoms with Crippen LogP contribution in [0.25, 0.3) is 0 Å². The number of nitrogens with one attached hydrogen (secondary N) is 1. The maximum Gasteiger partial charge on any atom is 0.0597 e. The first kappa shape index (κ1) is 12.3. The Morgan fingerprint density at radius 2 is 2.12 bits per heavy atom. The van der Waals surface area contributed by atoms with Crippen molar-refractivity contribution in [1.82, 2.24) is 15.1 Å². The highest BCUT2D eigenvalue weighted by Crippen LogP contribution is 2.14. The van der Waals surface area contributed by atoms with E-state index >= 15 is 0 Å². The fourth-order valence-electron chi connectivity index (χ4n) is 1.91. The molecule has 17 heavy (non-hydrogen) atoms. The molecule has 2 aromatic heterocycles. The van der Waals surface area contributed by atoms with Crippen LogP contribution in [0, 0.1) is 13.8 Å². The molecule has 3 nitrogen and oxygen atoms in total. The third kappa shape index (κ3) is 3.17. The second-order valence-corrected chi connectivity index (χ2v) is 5.58. The monoisotopic (exact) mass is 249 g/mol. The van der Waals surface area contributed by atoms with Gasteiger partial charge in [-0.05, 0) is 39.0 Å². The molecule has 2 heterocycles. The average molecular weight is 249 g/mol. The molecule has 0 aliphatic heterocycles. The number of hydrogen-bond acceptors (Lipinski definition) is 3. The Kier molecular flexibility index (Phi) is 3.97. The summed E-state index contributed by atoms with van der Waals surface area (Å²) in [6, 6.07) is 6.51. The molecule has 2 aromatic rings. The molecule has 0 aromatic carbocycles. The summed E-state index contributed by atoms with van der Waals surface area (Å²) in [5.41, 5.74) is 2.36. The number of nitrogens with zero attached hydrogens (tertiary/aromatic N) is 2. The van der Waals surface area contributed by atoms with E-state index in [2.05, 4.69) is 47.1 Å². The van der Waals surface area contributed by atoms with E-state index < -0.39 is 0 Å². The van der Waals surface area contributed by atoms with Gasteiger partial charge >= 0.3 is 0 Å². The number of hydrogen-bond donors (Lipinski definition) is 1. The van der Waals surface area contributed by atoms with Crippen LogP contribution < -0.4 is 5.32 Å². The highest BCUT2D eigenvalue weighted by Gasteiger charge is 2.03. The molecule has 0 saturated carbocycles. The Morgan fingerprint density at radius 1 is 1.29 bits per heavy atom. The van der Waals surface area contributed by atoms with Crippen LogP contribution in [0.3, 0.4) is 0 Å². The number of aromatic nitrogens is 2. The molecule has 1 N–H and O–H groups in total. The lowest BCUT2D eigenvalue weighted by Gasteiger charge is -2.05. The molecule has 0 atom stereocenters. The van der Waals surface area contributed by atoms with Crippen molar-refractivity contribution in [3.05, 3.63) is 39.3 Å². The van der Waals surface area contributed by atoms with Crippen LogP contribution in [0.2, 0.25) is 0 Å². The lowest BCUT2D eigenvalue weighted by Crippen LogP contribution is -2.15. The van der Waals surface area contributed by atoms with Crippen LogP contribution in [0.4, 0.5) is 0 Å². The normalized spacial score (nSPS) is 11.0. The highest BCUT2D eigenvalue weighted by molar-refractivity contribution is 7.11. The van der Waals surface area contributed by atoms with Gasteiger partial charge in [0.25, 0.3) is 0 Å². The summed E-state index contributed by atoms with van der Waals surface area (Å²) in [7, 11) is 0. The molecule has 2 rings (SSSR count). The minimum atomic E-state index is 0.881. The largest absolute Gasteiger partial charge is 0.306 e. The SMILES string of the molecule is CCn1nc(C)cc1CNCc1ccc(C)s1. The van der Waals surface area contributed by atoms with E-state index in [0.29, 0.717) is 0 Å². The maximum absolute atomic E-state index is 4.44. The third-order valence-corrected chi connectivity index (χ3v) is 3.69. The van der Waals surface area contributed by atoms with E-state index in [1.165, 1.54) is 15.4 Å². The number of aryl methyl sites for hydroxylation is 3. The van der Waals surface area contributed by atoms with Gasteiger partial charge in [-0.15, -0.1) is 11.3 Å².